The second kappa shape index (κ2) is 70.8. The first kappa shape index (κ1) is 79.3. The Labute approximate surface area is 507 Å². The van der Waals surface area contributed by atoms with Crippen LogP contribution in [-0.4, -0.2) is 47.4 Å². The number of amides is 1. The lowest BCUT2D eigenvalue weighted by Crippen LogP contribution is -2.45. The van der Waals surface area contributed by atoms with Gasteiger partial charge in [0.25, 0.3) is 0 Å². The molecule has 0 aromatic rings. The molecule has 0 rings (SSSR count). The summed E-state index contributed by atoms with van der Waals surface area (Å²) in [6.45, 7) is 4.94. The number of carbonyl (C=O) groups excluding carboxylic acids is 2. The fourth-order valence-corrected chi connectivity index (χ4v) is 11.8. The highest BCUT2D eigenvalue weighted by molar-refractivity contribution is 5.76. The molecule has 0 saturated heterocycles. The Bertz CT molecular complexity index is 1270. The third-order valence-electron chi connectivity index (χ3n) is 17.5. The highest BCUT2D eigenvalue weighted by Gasteiger charge is 2.18. The van der Waals surface area contributed by atoms with E-state index in [4.69, 9.17) is 4.74 Å². The lowest BCUT2D eigenvalue weighted by atomic mass is 10.0. The van der Waals surface area contributed by atoms with Crippen molar-refractivity contribution in [1.82, 2.24) is 5.32 Å². The maximum Gasteiger partial charge on any atom is 0.305 e. The average Bonchev–Trinajstić information content (AvgIpc) is 3.47. The van der Waals surface area contributed by atoms with Crippen LogP contribution in [0.2, 0.25) is 0 Å². The second-order valence-electron chi connectivity index (χ2n) is 25.6. The first-order valence-corrected chi connectivity index (χ1v) is 37.1. The van der Waals surface area contributed by atoms with E-state index in [0.29, 0.717) is 19.4 Å². The Morgan fingerprint density at radius 1 is 0.333 bits per heavy atom. The van der Waals surface area contributed by atoms with Gasteiger partial charge in [-0.15, -0.1) is 0 Å². The van der Waals surface area contributed by atoms with Crippen molar-refractivity contribution in [3.05, 3.63) is 24.3 Å². The van der Waals surface area contributed by atoms with E-state index in [-0.39, 0.29) is 18.5 Å². The number of hydrogen-bond acceptors (Lipinski definition) is 5. The van der Waals surface area contributed by atoms with E-state index >= 15 is 0 Å². The zero-order valence-corrected chi connectivity index (χ0v) is 55.0. The third kappa shape index (κ3) is 67.3. The van der Waals surface area contributed by atoms with Gasteiger partial charge in [-0.25, -0.2) is 0 Å². The molecule has 0 bridgehead atoms. The van der Waals surface area contributed by atoms with Crippen LogP contribution < -0.4 is 5.32 Å². The Morgan fingerprint density at radius 2 is 0.580 bits per heavy atom. The first-order chi connectivity index (χ1) is 40.0. The van der Waals surface area contributed by atoms with Crippen LogP contribution >= 0.6 is 0 Å². The smallest absolute Gasteiger partial charge is 0.305 e. The van der Waals surface area contributed by atoms with Crippen molar-refractivity contribution in [2.24, 2.45) is 0 Å². The number of aliphatic hydroxyl groups is 2. The third-order valence-corrected chi connectivity index (χ3v) is 17.5. The summed E-state index contributed by atoms with van der Waals surface area (Å²) < 4.78 is 5.50. The van der Waals surface area contributed by atoms with E-state index in [1.54, 1.807) is 6.08 Å². The van der Waals surface area contributed by atoms with Crippen LogP contribution in [0.3, 0.4) is 0 Å². The summed E-state index contributed by atoms with van der Waals surface area (Å²) in [5.41, 5.74) is 0. The number of rotatable bonds is 70. The van der Waals surface area contributed by atoms with Crippen molar-refractivity contribution in [3.8, 4) is 0 Å². The largest absolute Gasteiger partial charge is 0.466 e. The molecule has 1 amide bonds. The fourth-order valence-electron chi connectivity index (χ4n) is 11.8. The van der Waals surface area contributed by atoms with Crippen molar-refractivity contribution in [2.75, 3.05) is 13.2 Å². The molecular weight excluding hydrogens is 995 g/mol. The SMILES string of the molecule is CCCCCCCC/C=C\CCCCCCCC(=O)OCCCCCCCCCCCCCCCCCCCCCCCCCCCCCCCCCC(=O)NC(CO)C(O)/C=C/CCCCCCCCCCCCCCCCCC. The zero-order valence-electron chi connectivity index (χ0n) is 55.0. The van der Waals surface area contributed by atoms with Gasteiger partial charge in [-0.2, -0.15) is 0 Å². The molecule has 0 fully saturated rings. The van der Waals surface area contributed by atoms with E-state index < -0.39 is 12.1 Å². The monoisotopic (exact) mass is 1140 g/mol. The summed E-state index contributed by atoms with van der Waals surface area (Å²) in [7, 11) is 0. The Morgan fingerprint density at radius 3 is 0.877 bits per heavy atom. The van der Waals surface area contributed by atoms with Gasteiger partial charge in [0.2, 0.25) is 5.91 Å². The molecule has 0 saturated carbocycles. The number of allylic oxidation sites excluding steroid dienone is 3. The standard InChI is InChI=1S/C75H145NO5/c1-3-5-7-9-11-13-15-17-19-20-36-40-43-47-51-55-59-63-67-73(78)72(71-77)76-74(79)68-64-60-56-52-48-44-41-37-34-32-30-28-26-24-22-21-23-25-27-29-31-33-35-38-42-46-50-54-58-62-66-70-81-75(80)69-65-61-57-53-49-45-39-18-16-14-12-10-8-6-4-2/h18,39,63,67,72-73,77-78H,3-17,19-38,40-62,64-66,68-71H2,1-2H3,(H,76,79)/b39-18-,67-63+. The van der Waals surface area contributed by atoms with Gasteiger partial charge in [0.1, 0.15) is 0 Å². The molecule has 0 aromatic carbocycles. The molecule has 0 spiro atoms. The molecule has 81 heavy (non-hydrogen) atoms. The molecule has 0 heterocycles. The number of aliphatic hydroxyl groups excluding tert-OH is 2. The summed E-state index contributed by atoms with van der Waals surface area (Å²) >= 11 is 0. The normalized spacial score (nSPS) is 12.6. The molecule has 480 valence electrons. The Balaban J connectivity index is 3.34. The minimum Gasteiger partial charge on any atom is -0.466 e. The fraction of sp³-hybridized carbons (Fsp3) is 0.920. The van der Waals surface area contributed by atoms with Gasteiger partial charge >= 0.3 is 5.97 Å². The Hall–Kier alpha value is -1.66. The van der Waals surface area contributed by atoms with Crippen molar-refractivity contribution < 1.29 is 24.5 Å². The van der Waals surface area contributed by atoms with E-state index in [1.807, 2.05) is 6.08 Å². The maximum absolute atomic E-state index is 12.5. The summed E-state index contributed by atoms with van der Waals surface area (Å²) in [6, 6.07) is -0.625. The van der Waals surface area contributed by atoms with Crippen LogP contribution in [0.15, 0.2) is 24.3 Å². The molecule has 0 radical (unpaired) electrons. The number of hydrogen-bond donors (Lipinski definition) is 3. The van der Waals surface area contributed by atoms with E-state index in [2.05, 4.69) is 31.3 Å². The molecular formula is C75H145NO5. The van der Waals surface area contributed by atoms with Gasteiger partial charge < -0.3 is 20.3 Å². The molecule has 2 atom stereocenters. The predicted molar refractivity (Wildman–Crippen MR) is 356 cm³/mol. The molecule has 6 nitrogen and oxygen atoms in total. The molecule has 3 N–H and O–H groups in total. The summed E-state index contributed by atoms with van der Waals surface area (Å²) in [5.74, 6) is -0.0468. The van der Waals surface area contributed by atoms with Crippen LogP contribution in [0, 0.1) is 0 Å². The molecule has 2 unspecified atom stereocenters. The molecule has 0 aliphatic rings. The van der Waals surface area contributed by atoms with Crippen LogP contribution in [-0.2, 0) is 14.3 Å². The average molecular weight is 1140 g/mol. The molecule has 0 aliphatic carbocycles. The van der Waals surface area contributed by atoms with E-state index in [9.17, 15) is 19.8 Å². The van der Waals surface area contributed by atoms with Gasteiger partial charge in [0, 0.05) is 12.8 Å². The highest BCUT2D eigenvalue weighted by Crippen LogP contribution is 2.19. The van der Waals surface area contributed by atoms with Crippen LogP contribution in [0.1, 0.15) is 418 Å². The second-order valence-corrected chi connectivity index (χ2v) is 25.6. The maximum atomic E-state index is 12.5. The topological polar surface area (TPSA) is 95.9 Å². The lowest BCUT2D eigenvalue weighted by Gasteiger charge is -2.20. The first-order valence-electron chi connectivity index (χ1n) is 37.1. The minimum atomic E-state index is -0.842. The van der Waals surface area contributed by atoms with Crippen molar-refractivity contribution in [1.29, 1.82) is 0 Å². The van der Waals surface area contributed by atoms with Gasteiger partial charge in [-0.05, 0) is 57.8 Å². The summed E-state index contributed by atoms with van der Waals surface area (Å²) in [6.07, 6.45) is 89.9. The van der Waals surface area contributed by atoms with Crippen LogP contribution in [0.5, 0.6) is 0 Å². The predicted octanol–water partition coefficient (Wildman–Crippen LogP) is 24.1. The van der Waals surface area contributed by atoms with Crippen molar-refractivity contribution in [3.63, 3.8) is 0 Å². The molecule has 6 heteroatoms. The summed E-state index contributed by atoms with van der Waals surface area (Å²) in [5, 5.41) is 23.2. The number of ether oxygens (including phenoxy) is 1. The van der Waals surface area contributed by atoms with Gasteiger partial charge in [-0.1, -0.05) is 372 Å². The van der Waals surface area contributed by atoms with Gasteiger partial charge in [-0.3, -0.25) is 9.59 Å². The number of nitrogens with one attached hydrogen (secondary N) is 1. The Kier molecular flexibility index (Phi) is 69.4. The number of carbonyl (C=O) groups is 2. The van der Waals surface area contributed by atoms with E-state index in [0.717, 1.165) is 44.9 Å². The minimum absolute atomic E-state index is 0.0132. The quantitative estimate of drug-likeness (QED) is 0.0320. The van der Waals surface area contributed by atoms with Gasteiger partial charge in [0.05, 0.1) is 25.4 Å². The number of unbranched alkanes of at least 4 members (excludes halogenated alkanes) is 57. The van der Waals surface area contributed by atoms with Crippen LogP contribution in [0.25, 0.3) is 0 Å². The molecule has 0 aliphatic heterocycles. The van der Waals surface area contributed by atoms with E-state index in [1.165, 1.54) is 347 Å². The number of esters is 1. The lowest BCUT2D eigenvalue weighted by molar-refractivity contribution is -0.143. The van der Waals surface area contributed by atoms with Crippen LogP contribution in [0.4, 0.5) is 0 Å². The molecule has 0 aromatic heterocycles. The van der Waals surface area contributed by atoms with Gasteiger partial charge in [0.15, 0.2) is 0 Å². The zero-order chi connectivity index (χ0) is 58.5. The highest BCUT2D eigenvalue weighted by atomic mass is 16.5. The van der Waals surface area contributed by atoms with Crippen molar-refractivity contribution in [2.45, 2.75) is 431 Å². The van der Waals surface area contributed by atoms with Crippen molar-refractivity contribution >= 4 is 11.9 Å². The summed E-state index contributed by atoms with van der Waals surface area (Å²) in [4.78, 5) is 24.6.